The lowest BCUT2D eigenvalue weighted by Crippen LogP contribution is -2.07. The number of fused-ring (bicyclic) bond motifs is 1. The molecule has 21 heavy (non-hydrogen) atoms. The lowest BCUT2D eigenvalue weighted by atomic mass is 10.0. The maximum Gasteiger partial charge on any atom is 0.196 e. The van der Waals surface area contributed by atoms with Crippen LogP contribution in [0.4, 0.5) is 0 Å². The Morgan fingerprint density at radius 2 is 1.62 bits per heavy atom. The minimum absolute atomic E-state index is 0.0458. The van der Waals surface area contributed by atoms with Crippen molar-refractivity contribution in [1.29, 1.82) is 0 Å². The smallest absolute Gasteiger partial charge is 0.196 e. The first-order valence-electron chi connectivity index (χ1n) is 7.09. The molecule has 0 aliphatic heterocycles. The third kappa shape index (κ3) is 2.27. The molecule has 0 spiro atoms. The molecular formula is C19H18O2. The highest BCUT2D eigenvalue weighted by Crippen LogP contribution is 2.27. The van der Waals surface area contributed by atoms with E-state index in [1.165, 1.54) is 11.1 Å². The number of aryl methyl sites for hydroxylation is 3. The van der Waals surface area contributed by atoms with Gasteiger partial charge < -0.3 is 4.42 Å². The van der Waals surface area contributed by atoms with Crippen molar-refractivity contribution >= 4 is 11.0 Å². The van der Waals surface area contributed by atoms with Crippen LogP contribution < -0.4 is 5.43 Å². The zero-order valence-corrected chi connectivity index (χ0v) is 12.8. The molecule has 2 aromatic carbocycles. The van der Waals surface area contributed by atoms with Gasteiger partial charge in [0.05, 0.1) is 5.39 Å². The van der Waals surface area contributed by atoms with Crippen LogP contribution in [0.3, 0.4) is 0 Å². The van der Waals surface area contributed by atoms with E-state index in [4.69, 9.17) is 4.42 Å². The fourth-order valence-electron chi connectivity index (χ4n) is 2.55. The third-order valence-electron chi connectivity index (χ3n) is 4.04. The molecule has 0 saturated carbocycles. The van der Waals surface area contributed by atoms with Gasteiger partial charge in [-0.25, -0.2) is 0 Å². The largest absolute Gasteiger partial charge is 0.456 e. The van der Waals surface area contributed by atoms with Gasteiger partial charge in [-0.3, -0.25) is 4.79 Å². The third-order valence-corrected chi connectivity index (χ3v) is 4.04. The fourth-order valence-corrected chi connectivity index (χ4v) is 2.55. The lowest BCUT2D eigenvalue weighted by Gasteiger charge is -2.09. The second-order valence-electron chi connectivity index (χ2n) is 5.68. The summed E-state index contributed by atoms with van der Waals surface area (Å²) >= 11 is 0. The van der Waals surface area contributed by atoms with E-state index in [0.717, 1.165) is 11.1 Å². The second-order valence-corrected chi connectivity index (χ2v) is 5.68. The predicted molar refractivity (Wildman–Crippen MR) is 86.9 cm³/mol. The van der Waals surface area contributed by atoms with E-state index in [2.05, 4.69) is 26.0 Å². The fraction of sp³-hybridized carbons (Fsp3) is 0.211. The molecule has 0 amide bonds. The first-order chi connectivity index (χ1) is 9.97. The Balaban J connectivity index is 2.34. The van der Waals surface area contributed by atoms with Crippen molar-refractivity contribution in [2.24, 2.45) is 0 Å². The molecule has 106 valence electrons. The van der Waals surface area contributed by atoms with Gasteiger partial charge in [-0.15, -0.1) is 0 Å². The molecule has 0 atom stereocenters. The molecule has 0 fully saturated rings. The van der Waals surface area contributed by atoms with E-state index in [-0.39, 0.29) is 5.43 Å². The average molecular weight is 278 g/mol. The molecule has 0 N–H and O–H groups in total. The quantitative estimate of drug-likeness (QED) is 0.646. The lowest BCUT2D eigenvalue weighted by molar-refractivity contribution is 0.613. The molecule has 1 heterocycles. The number of hydrogen-bond acceptors (Lipinski definition) is 2. The van der Waals surface area contributed by atoms with Crippen LogP contribution in [0, 0.1) is 27.7 Å². The van der Waals surface area contributed by atoms with Gasteiger partial charge in [0.2, 0.25) is 0 Å². The zero-order chi connectivity index (χ0) is 15.1. The summed E-state index contributed by atoms with van der Waals surface area (Å²) < 4.78 is 6.04. The molecule has 0 bridgehead atoms. The summed E-state index contributed by atoms with van der Waals surface area (Å²) in [6, 6.07) is 11.8. The first kappa shape index (κ1) is 13.6. The van der Waals surface area contributed by atoms with Gasteiger partial charge in [0.1, 0.15) is 11.3 Å². The van der Waals surface area contributed by atoms with E-state index in [9.17, 15) is 4.79 Å². The molecule has 3 aromatic rings. The molecule has 2 nitrogen and oxygen atoms in total. The maximum atomic E-state index is 12.5. The normalized spacial score (nSPS) is 11.0. The number of benzene rings is 2. The van der Waals surface area contributed by atoms with E-state index < -0.39 is 0 Å². The minimum Gasteiger partial charge on any atom is -0.456 e. The molecule has 2 heteroatoms. The van der Waals surface area contributed by atoms with Crippen molar-refractivity contribution in [2.45, 2.75) is 27.7 Å². The zero-order valence-electron chi connectivity index (χ0n) is 12.8. The molecule has 0 unspecified atom stereocenters. The van der Waals surface area contributed by atoms with Crippen LogP contribution in [0.15, 0.2) is 45.6 Å². The Hall–Kier alpha value is -2.35. The summed E-state index contributed by atoms with van der Waals surface area (Å²) in [5.74, 6) is 0.668. The Labute approximate surface area is 124 Å². The van der Waals surface area contributed by atoms with Gasteiger partial charge in [0.25, 0.3) is 0 Å². The highest BCUT2D eigenvalue weighted by Gasteiger charge is 2.13. The first-order valence-corrected chi connectivity index (χ1v) is 7.09. The average Bonchev–Trinajstić information content (AvgIpc) is 2.45. The summed E-state index contributed by atoms with van der Waals surface area (Å²) in [5, 5.41) is 0.644. The summed E-state index contributed by atoms with van der Waals surface area (Å²) in [5.41, 5.74) is 5.82. The van der Waals surface area contributed by atoms with Crippen molar-refractivity contribution in [3.05, 3.63) is 68.9 Å². The van der Waals surface area contributed by atoms with Gasteiger partial charge in [0, 0.05) is 11.1 Å². The molecule has 0 radical (unpaired) electrons. The van der Waals surface area contributed by atoms with Crippen LogP contribution in [0.2, 0.25) is 0 Å². The van der Waals surface area contributed by atoms with Crippen molar-refractivity contribution in [3.63, 3.8) is 0 Å². The highest BCUT2D eigenvalue weighted by molar-refractivity contribution is 5.81. The Kier molecular flexibility index (Phi) is 3.17. The van der Waals surface area contributed by atoms with Crippen LogP contribution >= 0.6 is 0 Å². The molecule has 1 aromatic heterocycles. The van der Waals surface area contributed by atoms with E-state index >= 15 is 0 Å². The van der Waals surface area contributed by atoms with Gasteiger partial charge in [0.15, 0.2) is 5.43 Å². The molecular weight excluding hydrogens is 260 g/mol. The standard InChI is InChI=1S/C19H18O2/c1-11-5-8-16-17(9-11)21-19(14(4)18(16)20)15-7-6-12(2)13(3)10-15/h5-10H,1-4H3. The van der Waals surface area contributed by atoms with Crippen molar-refractivity contribution in [1.82, 2.24) is 0 Å². The second kappa shape index (κ2) is 4.88. The summed E-state index contributed by atoms with van der Waals surface area (Å²) in [6.45, 7) is 7.97. The van der Waals surface area contributed by atoms with Crippen LogP contribution in [-0.4, -0.2) is 0 Å². The molecule has 0 aliphatic carbocycles. The van der Waals surface area contributed by atoms with Gasteiger partial charge in [-0.1, -0.05) is 18.2 Å². The maximum absolute atomic E-state index is 12.5. The summed E-state index contributed by atoms with van der Waals surface area (Å²) in [4.78, 5) is 12.5. The van der Waals surface area contributed by atoms with Crippen LogP contribution in [0.1, 0.15) is 22.3 Å². The van der Waals surface area contributed by atoms with Crippen LogP contribution in [-0.2, 0) is 0 Å². The van der Waals surface area contributed by atoms with Crippen molar-refractivity contribution in [2.75, 3.05) is 0 Å². The van der Waals surface area contributed by atoms with E-state index in [0.29, 0.717) is 22.3 Å². The SMILES string of the molecule is Cc1ccc2c(=O)c(C)c(-c3ccc(C)c(C)c3)oc2c1. The molecule has 0 aliphatic rings. The Morgan fingerprint density at radius 1 is 0.857 bits per heavy atom. The summed E-state index contributed by atoms with van der Waals surface area (Å²) in [7, 11) is 0. The number of hydrogen-bond donors (Lipinski definition) is 0. The van der Waals surface area contributed by atoms with Gasteiger partial charge in [-0.2, -0.15) is 0 Å². The Bertz CT molecular complexity index is 901. The summed E-state index contributed by atoms with van der Waals surface area (Å²) in [6.07, 6.45) is 0. The number of rotatable bonds is 1. The molecule has 3 rings (SSSR count). The van der Waals surface area contributed by atoms with E-state index in [1.54, 1.807) is 0 Å². The highest BCUT2D eigenvalue weighted by atomic mass is 16.3. The van der Waals surface area contributed by atoms with E-state index in [1.807, 2.05) is 38.1 Å². The Morgan fingerprint density at radius 3 is 2.33 bits per heavy atom. The minimum atomic E-state index is 0.0458. The van der Waals surface area contributed by atoms with Gasteiger partial charge in [-0.05, 0) is 62.6 Å². The monoisotopic (exact) mass is 278 g/mol. The predicted octanol–water partition coefficient (Wildman–Crippen LogP) is 4.69. The van der Waals surface area contributed by atoms with Crippen LogP contribution in [0.5, 0.6) is 0 Å². The molecule has 0 saturated heterocycles. The topological polar surface area (TPSA) is 30.2 Å². The van der Waals surface area contributed by atoms with Gasteiger partial charge >= 0.3 is 0 Å². The van der Waals surface area contributed by atoms with Crippen molar-refractivity contribution < 1.29 is 4.42 Å². The van der Waals surface area contributed by atoms with Crippen LogP contribution in [0.25, 0.3) is 22.3 Å². The van der Waals surface area contributed by atoms with Crippen molar-refractivity contribution in [3.8, 4) is 11.3 Å².